The minimum atomic E-state index is 0.287. The molecule has 0 saturated carbocycles. The summed E-state index contributed by atoms with van der Waals surface area (Å²) in [6.45, 7) is 13.2. The van der Waals surface area contributed by atoms with E-state index in [1.807, 2.05) is 12.3 Å². The number of hydrogen-bond acceptors (Lipinski definition) is 4. The summed E-state index contributed by atoms with van der Waals surface area (Å²) in [6, 6.07) is 4.14. The summed E-state index contributed by atoms with van der Waals surface area (Å²) in [5, 5.41) is 0. The predicted octanol–water partition coefficient (Wildman–Crippen LogP) is 6.17. The van der Waals surface area contributed by atoms with Gasteiger partial charge >= 0.3 is 0 Å². The molecule has 4 heterocycles. The van der Waals surface area contributed by atoms with E-state index in [-0.39, 0.29) is 5.92 Å². The Morgan fingerprint density at radius 3 is 2.16 bits per heavy atom. The van der Waals surface area contributed by atoms with Gasteiger partial charge in [0, 0.05) is 37.2 Å². The Labute approximate surface area is 184 Å². The number of rotatable bonds is 7. The third-order valence-corrected chi connectivity index (χ3v) is 6.22. The summed E-state index contributed by atoms with van der Waals surface area (Å²) in [5.41, 5.74) is 6.52. The fraction of sp³-hybridized carbons (Fsp3) is 0.520. The highest BCUT2D eigenvalue weighted by Crippen LogP contribution is 2.31. The first-order chi connectivity index (χ1) is 14.8. The summed E-state index contributed by atoms with van der Waals surface area (Å²) in [4.78, 5) is 22.9. The van der Waals surface area contributed by atoms with Crippen LogP contribution in [-0.4, -0.2) is 29.5 Å². The van der Waals surface area contributed by atoms with Crippen LogP contribution >= 0.6 is 0 Å². The fourth-order valence-corrected chi connectivity index (χ4v) is 4.23. The van der Waals surface area contributed by atoms with Gasteiger partial charge in [-0.2, -0.15) is 0 Å². The number of H-pyrrole nitrogens is 1. The zero-order chi connectivity index (χ0) is 22.3. The molecular formula is C25H34N6. The number of fused-ring (bicyclic) bond motifs is 2. The molecule has 1 N–H and O–H groups in total. The highest BCUT2D eigenvalue weighted by atomic mass is 15.0. The summed E-state index contributed by atoms with van der Waals surface area (Å²) < 4.78 is 2.13. The van der Waals surface area contributed by atoms with Gasteiger partial charge in [-0.3, -0.25) is 0 Å². The van der Waals surface area contributed by atoms with Crippen LogP contribution in [0.15, 0.2) is 24.5 Å². The van der Waals surface area contributed by atoms with Crippen molar-refractivity contribution in [3.8, 4) is 0 Å². The van der Waals surface area contributed by atoms with Crippen LogP contribution < -0.4 is 0 Å². The molecular weight excluding hydrogens is 384 g/mol. The molecule has 0 bridgehead atoms. The molecule has 0 aliphatic carbocycles. The lowest BCUT2D eigenvalue weighted by atomic mass is 9.94. The van der Waals surface area contributed by atoms with Gasteiger partial charge in [-0.15, -0.1) is 0 Å². The van der Waals surface area contributed by atoms with Crippen molar-refractivity contribution in [2.45, 2.75) is 78.1 Å². The Hall–Kier alpha value is -2.76. The molecule has 2 atom stereocenters. The topological polar surface area (TPSA) is 72.3 Å². The Kier molecular flexibility index (Phi) is 5.82. The van der Waals surface area contributed by atoms with Gasteiger partial charge in [0.25, 0.3) is 0 Å². The van der Waals surface area contributed by atoms with Crippen molar-refractivity contribution in [2.24, 2.45) is 7.05 Å². The van der Waals surface area contributed by atoms with Crippen molar-refractivity contribution in [1.82, 2.24) is 29.5 Å². The maximum Gasteiger partial charge on any atom is 0.132 e. The minimum Gasteiger partial charge on any atom is -0.358 e. The van der Waals surface area contributed by atoms with Crippen LogP contribution in [0.1, 0.15) is 101 Å². The van der Waals surface area contributed by atoms with E-state index in [1.54, 1.807) is 0 Å². The Morgan fingerprint density at radius 1 is 0.774 bits per heavy atom. The molecule has 4 aromatic heterocycles. The number of hydrogen-bond donors (Lipinski definition) is 1. The van der Waals surface area contributed by atoms with E-state index in [0.717, 1.165) is 57.9 Å². The molecule has 0 radical (unpaired) electrons. The van der Waals surface area contributed by atoms with Gasteiger partial charge in [-0.1, -0.05) is 41.5 Å². The van der Waals surface area contributed by atoms with Gasteiger partial charge < -0.3 is 9.55 Å². The highest BCUT2D eigenvalue weighted by molar-refractivity contribution is 5.79. The smallest absolute Gasteiger partial charge is 0.132 e. The summed E-state index contributed by atoms with van der Waals surface area (Å²) >= 11 is 0. The molecule has 0 amide bonds. The number of aryl methyl sites for hydroxylation is 1. The molecule has 2 unspecified atom stereocenters. The van der Waals surface area contributed by atoms with Crippen molar-refractivity contribution in [2.75, 3.05) is 0 Å². The molecule has 31 heavy (non-hydrogen) atoms. The van der Waals surface area contributed by atoms with Crippen molar-refractivity contribution in [1.29, 1.82) is 0 Å². The molecule has 0 fully saturated rings. The SMILES string of the molecule is CC(C)c1nc(C(C)CCC(C)c2nc(C(C)C)c3c(ccn3C)n2)c2[nH]ccc2n1. The average Bonchev–Trinajstić information content (AvgIpc) is 3.36. The van der Waals surface area contributed by atoms with Crippen LogP contribution in [0.2, 0.25) is 0 Å². The van der Waals surface area contributed by atoms with Gasteiger partial charge in [-0.25, -0.2) is 19.9 Å². The van der Waals surface area contributed by atoms with Crippen LogP contribution in [0.3, 0.4) is 0 Å². The second-order valence-electron chi connectivity index (χ2n) is 9.52. The lowest BCUT2D eigenvalue weighted by Gasteiger charge is -2.18. The van der Waals surface area contributed by atoms with E-state index >= 15 is 0 Å². The minimum absolute atomic E-state index is 0.287. The lowest BCUT2D eigenvalue weighted by molar-refractivity contribution is 0.546. The quantitative estimate of drug-likeness (QED) is 0.389. The van der Waals surface area contributed by atoms with Crippen molar-refractivity contribution >= 4 is 22.1 Å². The second kappa shape index (κ2) is 8.40. The number of nitrogens with one attached hydrogen (secondary N) is 1. The van der Waals surface area contributed by atoms with Crippen LogP contribution in [0.25, 0.3) is 22.1 Å². The molecule has 0 aliphatic rings. The van der Waals surface area contributed by atoms with Gasteiger partial charge in [-0.05, 0) is 30.9 Å². The number of aromatic nitrogens is 6. The van der Waals surface area contributed by atoms with Crippen molar-refractivity contribution in [3.05, 3.63) is 47.6 Å². The molecule has 4 aromatic rings. The lowest BCUT2D eigenvalue weighted by Crippen LogP contribution is -2.09. The van der Waals surface area contributed by atoms with Crippen LogP contribution in [0.5, 0.6) is 0 Å². The molecule has 0 saturated heterocycles. The Morgan fingerprint density at radius 2 is 1.45 bits per heavy atom. The van der Waals surface area contributed by atoms with Crippen LogP contribution in [-0.2, 0) is 7.05 Å². The fourth-order valence-electron chi connectivity index (χ4n) is 4.23. The Bertz CT molecular complexity index is 1200. The zero-order valence-corrected chi connectivity index (χ0v) is 19.8. The third kappa shape index (κ3) is 4.08. The van der Waals surface area contributed by atoms with E-state index < -0.39 is 0 Å². The Balaban J connectivity index is 1.57. The maximum absolute atomic E-state index is 5.00. The zero-order valence-electron chi connectivity index (χ0n) is 19.8. The van der Waals surface area contributed by atoms with Crippen molar-refractivity contribution in [3.63, 3.8) is 0 Å². The normalized spacial score (nSPS) is 14.2. The molecule has 6 nitrogen and oxygen atoms in total. The van der Waals surface area contributed by atoms with E-state index in [4.69, 9.17) is 19.9 Å². The first-order valence-corrected chi connectivity index (χ1v) is 11.4. The molecule has 164 valence electrons. The number of aromatic amines is 1. The second-order valence-corrected chi connectivity index (χ2v) is 9.52. The molecule has 0 spiro atoms. The van der Waals surface area contributed by atoms with Crippen LogP contribution in [0, 0.1) is 0 Å². The van der Waals surface area contributed by atoms with Gasteiger partial charge in [0.05, 0.1) is 33.5 Å². The summed E-state index contributed by atoms with van der Waals surface area (Å²) in [6.07, 6.45) is 6.07. The predicted molar refractivity (Wildman–Crippen MR) is 127 cm³/mol. The van der Waals surface area contributed by atoms with E-state index in [0.29, 0.717) is 17.8 Å². The van der Waals surface area contributed by atoms with Gasteiger partial charge in [0.15, 0.2) is 0 Å². The summed E-state index contributed by atoms with van der Waals surface area (Å²) in [5.74, 6) is 3.15. The monoisotopic (exact) mass is 418 g/mol. The number of nitrogens with zero attached hydrogens (tertiary/aromatic N) is 5. The average molecular weight is 419 g/mol. The van der Waals surface area contributed by atoms with Gasteiger partial charge in [0.1, 0.15) is 11.6 Å². The van der Waals surface area contributed by atoms with E-state index in [1.165, 1.54) is 0 Å². The third-order valence-electron chi connectivity index (χ3n) is 6.22. The highest BCUT2D eigenvalue weighted by Gasteiger charge is 2.20. The summed E-state index contributed by atoms with van der Waals surface area (Å²) in [7, 11) is 2.07. The first-order valence-electron chi connectivity index (χ1n) is 11.4. The molecule has 0 aromatic carbocycles. The molecule has 6 heteroatoms. The first kappa shape index (κ1) is 21.5. The maximum atomic E-state index is 5.00. The van der Waals surface area contributed by atoms with Gasteiger partial charge in [0.2, 0.25) is 0 Å². The van der Waals surface area contributed by atoms with E-state index in [2.05, 4.69) is 70.4 Å². The van der Waals surface area contributed by atoms with E-state index in [9.17, 15) is 0 Å². The van der Waals surface area contributed by atoms with Crippen molar-refractivity contribution < 1.29 is 0 Å². The largest absolute Gasteiger partial charge is 0.358 e. The molecule has 0 aliphatic heterocycles. The molecule has 4 rings (SSSR count). The standard InChI is InChI=1S/C25H34N6/c1-14(2)20-23-19(11-13-31(23)7)28-25(29-20)17(6)9-8-16(5)21-22-18(10-12-26-22)27-24(30-21)15(3)4/h10-17,26H,8-9H2,1-7H3. The van der Waals surface area contributed by atoms with Crippen LogP contribution in [0.4, 0.5) is 0 Å².